The molecule has 1 fully saturated rings. The highest BCUT2D eigenvalue weighted by Gasteiger charge is 2.28. The first-order chi connectivity index (χ1) is 10.2. The first kappa shape index (κ1) is 14.0. The zero-order valence-corrected chi connectivity index (χ0v) is 11.8. The van der Waals surface area contributed by atoms with Crippen molar-refractivity contribution in [2.75, 3.05) is 49.5 Å². The van der Waals surface area contributed by atoms with Gasteiger partial charge in [0.2, 0.25) is 0 Å². The number of nitrogens with zero attached hydrogens (tertiary/aromatic N) is 2. The molecule has 0 radical (unpaired) electrons. The number of aliphatic hydroxyl groups excluding tert-OH is 1. The molecule has 0 unspecified atom stereocenters. The van der Waals surface area contributed by atoms with Gasteiger partial charge in [-0.05, 0) is 31.2 Å². The molecule has 1 aromatic rings. The molecule has 2 aliphatic rings. The van der Waals surface area contributed by atoms with Gasteiger partial charge in [-0.3, -0.25) is 14.5 Å². The van der Waals surface area contributed by atoms with Gasteiger partial charge >= 0.3 is 0 Å². The van der Waals surface area contributed by atoms with Crippen LogP contribution < -0.4 is 10.2 Å². The van der Waals surface area contributed by atoms with Crippen LogP contribution in [0.5, 0.6) is 0 Å². The third kappa shape index (κ3) is 2.77. The monoisotopic (exact) mass is 289 g/mol. The molecule has 2 heterocycles. The van der Waals surface area contributed by atoms with Gasteiger partial charge in [-0.25, -0.2) is 0 Å². The number of carbonyl (C=O) groups is 2. The Hall–Kier alpha value is -1.92. The minimum Gasteiger partial charge on any atom is -0.395 e. The summed E-state index contributed by atoms with van der Waals surface area (Å²) in [6.07, 6.45) is 1.03. The van der Waals surface area contributed by atoms with E-state index in [0.29, 0.717) is 17.8 Å². The zero-order chi connectivity index (χ0) is 14.8. The van der Waals surface area contributed by atoms with E-state index in [-0.39, 0.29) is 6.61 Å². The molecular weight excluding hydrogens is 270 g/mol. The number of carbonyl (C=O) groups excluding carboxylic acids is 2. The Labute approximate surface area is 123 Å². The fourth-order valence-corrected chi connectivity index (χ4v) is 2.93. The smallest absolute Gasteiger partial charge is 0.296 e. The molecule has 0 saturated carbocycles. The van der Waals surface area contributed by atoms with E-state index in [1.54, 1.807) is 6.07 Å². The molecule has 2 aliphatic heterocycles. The Morgan fingerprint density at radius 2 is 2.00 bits per heavy atom. The number of ketones is 1. The maximum atomic E-state index is 11.6. The van der Waals surface area contributed by atoms with E-state index in [0.717, 1.165) is 38.3 Å². The predicted octanol–water partition coefficient (Wildman–Crippen LogP) is 0.326. The lowest BCUT2D eigenvalue weighted by Crippen LogP contribution is -2.32. The van der Waals surface area contributed by atoms with Crippen LogP contribution >= 0.6 is 0 Å². The van der Waals surface area contributed by atoms with Crippen molar-refractivity contribution in [1.29, 1.82) is 0 Å². The number of β-amino-alcohol motifs (C(OH)–C–C–N with tert-alkyl or cyclic N) is 1. The minimum atomic E-state index is -0.549. The van der Waals surface area contributed by atoms with Crippen molar-refractivity contribution in [2.24, 2.45) is 0 Å². The van der Waals surface area contributed by atoms with Crippen LogP contribution in [-0.4, -0.2) is 61.0 Å². The van der Waals surface area contributed by atoms with E-state index in [1.807, 2.05) is 12.1 Å². The van der Waals surface area contributed by atoms with Crippen molar-refractivity contribution < 1.29 is 14.7 Å². The van der Waals surface area contributed by atoms with Gasteiger partial charge < -0.3 is 15.3 Å². The molecule has 6 heteroatoms. The number of fused-ring (bicyclic) bond motifs is 1. The lowest BCUT2D eigenvalue weighted by atomic mass is 10.1. The molecule has 1 amide bonds. The second-order valence-corrected chi connectivity index (χ2v) is 5.42. The largest absolute Gasteiger partial charge is 0.395 e. The van der Waals surface area contributed by atoms with Crippen LogP contribution in [0.3, 0.4) is 0 Å². The number of aliphatic hydroxyl groups is 1. The average molecular weight is 289 g/mol. The second kappa shape index (κ2) is 5.83. The Morgan fingerprint density at radius 3 is 2.81 bits per heavy atom. The Kier molecular flexibility index (Phi) is 3.90. The molecule has 0 spiro atoms. The van der Waals surface area contributed by atoms with Crippen LogP contribution in [-0.2, 0) is 4.79 Å². The summed E-state index contributed by atoms with van der Waals surface area (Å²) in [5.41, 5.74) is 2.09. The van der Waals surface area contributed by atoms with E-state index in [9.17, 15) is 9.59 Å². The molecule has 21 heavy (non-hydrogen) atoms. The predicted molar refractivity (Wildman–Crippen MR) is 79.8 cm³/mol. The van der Waals surface area contributed by atoms with Gasteiger partial charge in [0.1, 0.15) is 0 Å². The number of Topliss-reactive ketones (excluding diaryl/α,β-unsaturated/α-hetero) is 1. The molecule has 0 aromatic heterocycles. The van der Waals surface area contributed by atoms with Gasteiger partial charge in [0.15, 0.2) is 0 Å². The summed E-state index contributed by atoms with van der Waals surface area (Å²) in [6.45, 7) is 4.60. The summed E-state index contributed by atoms with van der Waals surface area (Å²) >= 11 is 0. The lowest BCUT2D eigenvalue weighted by molar-refractivity contribution is -0.112. The number of anilines is 2. The van der Waals surface area contributed by atoms with Gasteiger partial charge in [-0.2, -0.15) is 0 Å². The van der Waals surface area contributed by atoms with E-state index >= 15 is 0 Å². The first-order valence-corrected chi connectivity index (χ1v) is 7.27. The maximum absolute atomic E-state index is 11.6. The number of hydrogen-bond acceptors (Lipinski definition) is 5. The summed E-state index contributed by atoms with van der Waals surface area (Å²) in [5.74, 6) is -1.01. The van der Waals surface area contributed by atoms with E-state index in [1.165, 1.54) is 0 Å². The van der Waals surface area contributed by atoms with Crippen molar-refractivity contribution >= 4 is 23.1 Å². The maximum Gasteiger partial charge on any atom is 0.296 e. The third-order valence-electron chi connectivity index (χ3n) is 4.07. The molecule has 1 saturated heterocycles. The van der Waals surface area contributed by atoms with Crippen molar-refractivity contribution in [1.82, 2.24) is 4.90 Å². The normalized spacial score (nSPS) is 19.4. The molecular formula is C15H19N3O3. The van der Waals surface area contributed by atoms with E-state index in [4.69, 9.17) is 5.11 Å². The quantitative estimate of drug-likeness (QED) is 0.784. The van der Waals surface area contributed by atoms with E-state index < -0.39 is 11.7 Å². The molecule has 1 aromatic carbocycles. The van der Waals surface area contributed by atoms with Gasteiger partial charge in [-0.15, -0.1) is 0 Å². The topological polar surface area (TPSA) is 72.9 Å². The lowest BCUT2D eigenvalue weighted by Gasteiger charge is -2.23. The summed E-state index contributed by atoms with van der Waals surface area (Å²) in [5, 5.41) is 11.6. The van der Waals surface area contributed by atoms with Gasteiger partial charge in [0, 0.05) is 31.9 Å². The Bertz CT molecular complexity index is 573. The minimum absolute atomic E-state index is 0.187. The molecule has 0 bridgehead atoms. The van der Waals surface area contributed by atoms with Crippen LogP contribution in [0.2, 0.25) is 0 Å². The van der Waals surface area contributed by atoms with Crippen LogP contribution in [0.1, 0.15) is 16.8 Å². The van der Waals surface area contributed by atoms with Gasteiger partial charge in [-0.1, -0.05) is 0 Å². The van der Waals surface area contributed by atoms with Crippen LogP contribution in [0.25, 0.3) is 0 Å². The summed E-state index contributed by atoms with van der Waals surface area (Å²) < 4.78 is 0. The summed E-state index contributed by atoms with van der Waals surface area (Å²) in [7, 11) is 0. The SMILES string of the molecule is O=C1Nc2cc(N3CCCN(CCO)CC3)ccc2C1=O. The molecule has 112 valence electrons. The molecule has 6 nitrogen and oxygen atoms in total. The molecule has 3 rings (SSSR count). The molecule has 0 atom stereocenters. The summed E-state index contributed by atoms with van der Waals surface area (Å²) in [4.78, 5) is 27.5. The zero-order valence-electron chi connectivity index (χ0n) is 11.8. The van der Waals surface area contributed by atoms with Crippen molar-refractivity contribution in [3.8, 4) is 0 Å². The molecule has 2 N–H and O–H groups in total. The van der Waals surface area contributed by atoms with Gasteiger partial charge in [0.05, 0.1) is 17.9 Å². The third-order valence-corrected chi connectivity index (χ3v) is 4.07. The first-order valence-electron chi connectivity index (χ1n) is 7.27. The average Bonchev–Trinajstić information content (AvgIpc) is 2.67. The molecule has 0 aliphatic carbocycles. The summed E-state index contributed by atoms with van der Waals surface area (Å²) in [6, 6.07) is 5.50. The number of rotatable bonds is 3. The van der Waals surface area contributed by atoms with Crippen LogP contribution in [0.4, 0.5) is 11.4 Å². The van der Waals surface area contributed by atoms with Crippen LogP contribution in [0.15, 0.2) is 18.2 Å². The second-order valence-electron chi connectivity index (χ2n) is 5.42. The van der Waals surface area contributed by atoms with Crippen molar-refractivity contribution in [2.45, 2.75) is 6.42 Å². The fraction of sp³-hybridized carbons (Fsp3) is 0.467. The number of amides is 1. The Balaban J connectivity index is 1.75. The highest BCUT2D eigenvalue weighted by atomic mass is 16.3. The number of hydrogen-bond donors (Lipinski definition) is 2. The van der Waals surface area contributed by atoms with Gasteiger partial charge in [0.25, 0.3) is 11.7 Å². The fourth-order valence-electron chi connectivity index (χ4n) is 2.93. The van der Waals surface area contributed by atoms with Crippen LogP contribution in [0, 0.1) is 0 Å². The number of benzene rings is 1. The standard InChI is InChI=1S/C15H19N3O3/c19-9-8-17-4-1-5-18(7-6-17)11-2-3-12-13(10-11)16-15(21)14(12)20/h2-3,10,19H,1,4-9H2,(H,16,20,21). The van der Waals surface area contributed by atoms with E-state index in [2.05, 4.69) is 15.1 Å². The Morgan fingerprint density at radius 1 is 1.14 bits per heavy atom. The highest BCUT2D eigenvalue weighted by molar-refractivity contribution is 6.51. The van der Waals surface area contributed by atoms with Crippen molar-refractivity contribution in [3.05, 3.63) is 23.8 Å². The highest BCUT2D eigenvalue weighted by Crippen LogP contribution is 2.28. The number of nitrogens with one attached hydrogen (secondary N) is 1. The van der Waals surface area contributed by atoms with Crippen molar-refractivity contribution in [3.63, 3.8) is 0 Å².